The highest BCUT2D eigenvalue weighted by Gasteiger charge is 2.41. The third kappa shape index (κ3) is 3.63. The van der Waals surface area contributed by atoms with E-state index in [1.54, 1.807) is 26.0 Å². The standard InChI is InChI=1S/C17H20FN3O4/c1-3-14(24-15-7-5-4-6-12(15)18)17(23)21-9-11(22)8-13(21)16-19-10(2)20-25-16/h4-7,11,13-14,22H,3,8-9H2,1-2H3/t11-,13-,14-/m1/s1. The van der Waals surface area contributed by atoms with Crippen LogP contribution in [0.15, 0.2) is 28.8 Å². The maximum Gasteiger partial charge on any atom is 0.264 e. The number of carbonyl (C=O) groups is 1. The Hall–Kier alpha value is -2.48. The van der Waals surface area contributed by atoms with Crippen molar-refractivity contribution in [3.8, 4) is 5.75 Å². The summed E-state index contributed by atoms with van der Waals surface area (Å²) in [5.41, 5.74) is 0. The van der Waals surface area contributed by atoms with Crippen LogP contribution < -0.4 is 4.74 Å². The molecule has 7 nitrogen and oxygen atoms in total. The van der Waals surface area contributed by atoms with Crippen molar-refractivity contribution in [2.45, 2.75) is 44.9 Å². The van der Waals surface area contributed by atoms with E-state index in [0.29, 0.717) is 18.7 Å². The first-order chi connectivity index (χ1) is 12.0. The summed E-state index contributed by atoms with van der Waals surface area (Å²) in [6.45, 7) is 3.60. The molecule has 0 saturated carbocycles. The summed E-state index contributed by atoms with van der Waals surface area (Å²) in [7, 11) is 0. The van der Waals surface area contributed by atoms with E-state index in [-0.39, 0.29) is 24.1 Å². The van der Waals surface area contributed by atoms with Crippen molar-refractivity contribution >= 4 is 5.91 Å². The van der Waals surface area contributed by atoms with Gasteiger partial charge < -0.3 is 19.3 Å². The Morgan fingerprint density at radius 3 is 2.92 bits per heavy atom. The van der Waals surface area contributed by atoms with Crippen LogP contribution in [0, 0.1) is 12.7 Å². The van der Waals surface area contributed by atoms with E-state index in [0.717, 1.165) is 0 Å². The Labute approximate surface area is 144 Å². The molecular formula is C17H20FN3O4. The summed E-state index contributed by atoms with van der Waals surface area (Å²) >= 11 is 0. The van der Waals surface area contributed by atoms with Gasteiger partial charge in [0.1, 0.15) is 6.04 Å². The molecule has 134 valence electrons. The molecule has 0 radical (unpaired) electrons. The molecule has 1 aromatic carbocycles. The van der Waals surface area contributed by atoms with Gasteiger partial charge in [0.2, 0.25) is 5.89 Å². The van der Waals surface area contributed by atoms with Gasteiger partial charge in [-0.25, -0.2) is 4.39 Å². The molecule has 1 amide bonds. The Morgan fingerprint density at radius 2 is 2.28 bits per heavy atom. The number of likely N-dealkylation sites (tertiary alicyclic amines) is 1. The van der Waals surface area contributed by atoms with Crippen LogP contribution in [0.3, 0.4) is 0 Å². The maximum absolute atomic E-state index is 13.8. The second kappa shape index (κ2) is 7.18. The second-order valence-electron chi connectivity index (χ2n) is 6.02. The third-order valence-corrected chi connectivity index (χ3v) is 4.14. The van der Waals surface area contributed by atoms with Crippen LogP contribution in [-0.4, -0.2) is 44.8 Å². The zero-order valence-corrected chi connectivity index (χ0v) is 14.1. The van der Waals surface area contributed by atoms with Crippen molar-refractivity contribution < 1.29 is 23.6 Å². The number of aliphatic hydroxyl groups excluding tert-OH is 1. The number of benzene rings is 1. The Morgan fingerprint density at radius 1 is 1.52 bits per heavy atom. The summed E-state index contributed by atoms with van der Waals surface area (Å²) < 4.78 is 24.5. The van der Waals surface area contributed by atoms with E-state index in [9.17, 15) is 14.3 Å². The number of rotatable bonds is 5. The van der Waals surface area contributed by atoms with Crippen LogP contribution >= 0.6 is 0 Å². The number of aromatic nitrogens is 2. The second-order valence-corrected chi connectivity index (χ2v) is 6.02. The normalized spacial score (nSPS) is 21.4. The van der Waals surface area contributed by atoms with Gasteiger partial charge in [-0.15, -0.1) is 0 Å². The van der Waals surface area contributed by atoms with Gasteiger partial charge in [-0.05, 0) is 25.5 Å². The van der Waals surface area contributed by atoms with Gasteiger partial charge in [0.05, 0.1) is 6.10 Å². The van der Waals surface area contributed by atoms with Crippen molar-refractivity contribution in [3.63, 3.8) is 0 Å². The van der Waals surface area contributed by atoms with E-state index in [2.05, 4.69) is 10.1 Å². The highest BCUT2D eigenvalue weighted by molar-refractivity contribution is 5.82. The van der Waals surface area contributed by atoms with Crippen molar-refractivity contribution in [2.24, 2.45) is 0 Å². The zero-order chi connectivity index (χ0) is 18.0. The lowest BCUT2D eigenvalue weighted by Crippen LogP contribution is -2.42. The number of hydrogen-bond donors (Lipinski definition) is 1. The fourth-order valence-electron chi connectivity index (χ4n) is 2.93. The van der Waals surface area contributed by atoms with Crippen molar-refractivity contribution in [3.05, 3.63) is 41.8 Å². The zero-order valence-electron chi connectivity index (χ0n) is 14.1. The molecule has 8 heteroatoms. The number of β-amino-alcohol motifs (C(OH)–C–C–N with tert-alkyl or cyclic N) is 1. The van der Waals surface area contributed by atoms with Crippen LogP contribution in [-0.2, 0) is 4.79 Å². The lowest BCUT2D eigenvalue weighted by Gasteiger charge is -2.26. The van der Waals surface area contributed by atoms with Gasteiger partial charge in [-0.2, -0.15) is 4.98 Å². The predicted octanol–water partition coefficient (Wildman–Crippen LogP) is 2.01. The molecule has 1 aromatic heterocycles. The minimum Gasteiger partial charge on any atom is -0.478 e. The van der Waals surface area contributed by atoms with Crippen LogP contribution in [0.5, 0.6) is 5.75 Å². The summed E-state index contributed by atoms with van der Waals surface area (Å²) in [4.78, 5) is 18.5. The number of para-hydroxylation sites is 1. The fraction of sp³-hybridized carbons (Fsp3) is 0.471. The molecule has 1 N–H and O–H groups in total. The van der Waals surface area contributed by atoms with Gasteiger partial charge in [-0.1, -0.05) is 24.2 Å². The quantitative estimate of drug-likeness (QED) is 0.888. The molecule has 2 aromatic rings. The largest absolute Gasteiger partial charge is 0.478 e. The van der Waals surface area contributed by atoms with E-state index in [1.165, 1.54) is 17.0 Å². The smallest absolute Gasteiger partial charge is 0.264 e. The molecule has 0 spiro atoms. The number of amides is 1. The van der Waals surface area contributed by atoms with Crippen LogP contribution in [0.1, 0.15) is 37.5 Å². The van der Waals surface area contributed by atoms with E-state index < -0.39 is 24.1 Å². The third-order valence-electron chi connectivity index (χ3n) is 4.14. The van der Waals surface area contributed by atoms with E-state index in [4.69, 9.17) is 9.26 Å². The summed E-state index contributed by atoms with van der Waals surface area (Å²) in [6, 6.07) is 5.43. The number of hydrogen-bond acceptors (Lipinski definition) is 6. The summed E-state index contributed by atoms with van der Waals surface area (Å²) in [6.07, 6.45) is -0.889. The number of nitrogens with zero attached hydrogens (tertiary/aromatic N) is 3. The number of aryl methyl sites for hydroxylation is 1. The van der Waals surface area contributed by atoms with Crippen molar-refractivity contribution in [2.75, 3.05) is 6.54 Å². The van der Waals surface area contributed by atoms with Crippen LogP contribution in [0.2, 0.25) is 0 Å². The van der Waals surface area contributed by atoms with Crippen LogP contribution in [0.4, 0.5) is 4.39 Å². The summed E-state index contributed by atoms with van der Waals surface area (Å²) in [5.74, 6) is -0.114. The van der Waals surface area contributed by atoms with Crippen molar-refractivity contribution in [1.82, 2.24) is 15.0 Å². The lowest BCUT2D eigenvalue weighted by atomic mass is 10.1. The van der Waals surface area contributed by atoms with Crippen LogP contribution in [0.25, 0.3) is 0 Å². The fourth-order valence-corrected chi connectivity index (χ4v) is 2.93. The monoisotopic (exact) mass is 349 g/mol. The topological polar surface area (TPSA) is 88.7 Å². The average Bonchev–Trinajstić information content (AvgIpc) is 3.19. The molecule has 3 atom stereocenters. The number of ether oxygens (including phenoxy) is 1. The molecule has 1 fully saturated rings. The molecule has 1 aliphatic heterocycles. The molecule has 1 saturated heterocycles. The first kappa shape index (κ1) is 17.3. The molecule has 0 bridgehead atoms. The predicted molar refractivity (Wildman–Crippen MR) is 85.2 cm³/mol. The minimum absolute atomic E-state index is 0.0210. The number of halogens is 1. The highest BCUT2D eigenvalue weighted by atomic mass is 19.1. The Balaban J connectivity index is 1.80. The van der Waals surface area contributed by atoms with E-state index in [1.807, 2.05) is 0 Å². The van der Waals surface area contributed by atoms with Gasteiger partial charge in [-0.3, -0.25) is 4.79 Å². The molecule has 0 aliphatic carbocycles. The maximum atomic E-state index is 13.8. The number of aliphatic hydroxyl groups is 1. The Bertz CT molecular complexity index is 751. The first-order valence-corrected chi connectivity index (χ1v) is 8.19. The molecule has 1 aliphatic rings. The SMILES string of the molecule is CC[C@@H](Oc1ccccc1F)C(=O)N1C[C@H](O)C[C@@H]1c1nc(C)no1. The minimum atomic E-state index is -0.867. The number of carbonyl (C=O) groups excluding carboxylic acids is 1. The summed E-state index contributed by atoms with van der Waals surface area (Å²) in [5, 5.41) is 13.7. The highest BCUT2D eigenvalue weighted by Crippen LogP contribution is 2.32. The molecule has 25 heavy (non-hydrogen) atoms. The molecule has 2 heterocycles. The van der Waals surface area contributed by atoms with Gasteiger partial charge in [0.15, 0.2) is 23.5 Å². The van der Waals surface area contributed by atoms with Crippen molar-refractivity contribution in [1.29, 1.82) is 0 Å². The average molecular weight is 349 g/mol. The molecular weight excluding hydrogens is 329 g/mol. The van der Waals surface area contributed by atoms with E-state index >= 15 is 0 Å². The lowest BCUT2D eigenvalue weighted by molar-refractivity contribution is -0.140. The Kier molecular flexibility index (Phi) is 4.98. The van der Waals surface area contributed by atoms with Gasteiger partial charge in [0.25, 0.3) is 5.91 Å². The van der Waals surface area contributed by atoms with Gasteiger partial charge >= 0.3 is 0 Å². The van der Waals surface area contributed by atoms with Gasteiger partial charge in [0, 0.05) is 13.0 Å². The molecule has 0 unspecified atom stereocenters. The first-order valence-electron chi connectivity index (χ1n) is 8.19. The molecule has 3 rings (SSSR count).